The largest absolute Gasteiger partial charge is 0.264 e. The van der Waals surface area contributed by atoms with Crippen LogP contribution in [0.1, 0.15) is 23.2 Å². The van der Waals surface area contributed by atoms with Gasteiger partial charge < -0.3 is 0 Å². The van der Waals surface area contributed by atoms with E-state index in [1.165, 1.54) is 6.07 Å². The number of halogens is 2. The number of aromatic nitrogens is 1. The highest BCUT2D eigenvalue weighted by Crippen LogP contribution is 2.26. The molecular formula is C8H7F2N3O2S. The third-order valence-corrected chi connectivity index (χ3v) is 2.82. The molecule has 86 valence electrons. The van der Waals surface area contributed by atoms with E-state index in [-0.39, 0.29) is 5.56 Å². The van der Waals surface area contributed by atoms with Gasteiger partial charge in [-0.05, 0) is 18.6 Å². The van der Waals surface area contributed by atoms with E-state index in [2.05, 4.69) is 4.98 Å². The van der Waals surface area contributed by atoms with Crippen LogP contribution in [0.15, 0.2) is 11.1 Å². The van der Waals surface area contributed by atoms with Crippen molar-refractivity contribution < 1.29 is 17.2 Å². The van der Waals surface area contributed by atoms with E-state index in [0.29, 0.717) is 0 Å². The van der Waals surface area contributed by atoms with Crippen LogP contribution in [0.4, 0.5) is 8.78 Å². The molecule has 0 fully saturated rings. The molecule has 0 spiro atoms. The number of hydrogen-bond acceptors (Lipinski definition) is 4. The Morgan fingerprint density at radius 2 is 2.12 bits per heavy atom. The number of hydrogen-bond donors (Lipinski definition) is 1. The summed E-state index contributed by atoms with van der Waals surface area (Å²) in [6.45, 7) is 1.16. The van der Waals surface area contributed by atoms with Gasteiger partial charge in [-0.25, -0.2) is 27.3 Å². The second-order valence-corrected chi connectivity index (χ2v) is 4.46. The lowest BCUT2D eigenvalue weighted by Crippen LogP contribution is -2.17. The highest BCUT2D eigenvalue weighted by Gasteiger charge is 2.22. The van der Waals surface area contributed by atoms with E-state index in [1.54, 1.807) is 0 Å². The molecule has 0 amide bonds. The van der Waals surface area contributed by atoms with Crippen molar-refractivity contribution in [1.82, 2.24) is 4.98 Å². The summed E-state index contributed by atoms with van der Waals surface area (Å²) < 4.78 is 47.2. The molecule has 1 rings (SSSR count). The Kier molecular flexibility index (Phi) is 3.21. The van der Waals surface area contributed by atoms with E-state index < -0.39 is 32.7 Å². The Bertz CT molecular complexity index is 563. The zero-order valence-electron chi connectivity index (χ0n) is 8.11. The predicted molar refractivity (Wildman–Crippen MR) is 50.0 cm³/mol. The summed E-state index contributed by atoms with van der Waals surface area (Å²) >= 11 is 0. The fourth-order valence-electron chi connectivity index (χ4n) is 1.17. The summed E-state index contributed by atoms with van der Waals surface area (Å²) in [7, 11) is -4.22. The summed E-state index contributed by atoms with van der Waals surface area (Å²) in [5.74, 6) is 0. The minimum absolute atomic E-state index is 0.239. The Labute approximate surface area is 90.6 Å². The molecule has 0 bridgehead atoms. The van der Waals surface area contributed by atoms with Crippen LogP contribution in [0.3, 0.4) is 0 Å². The molecule has 0 aromatic carbocycles. The van der Waals surface area contributed by atoms with Gasteiger partial charge in [-0.3, -0.25) is 0 Å². The zero-order chi connectivity index (χ0) is 12.5. The zero-order valence-corrected chi connectivity index (χ0v) is 8.92. The highest BCUT2D eigenvalue weighted by molar-refractivity contribution is 7.89. The Morgan fingerprint density at radius 3 is 2.50 bits per heavy atom. The second-order valence-electron chi connectivity index (χ2n) is 2.98. The van der Waals surface area contributed by atoms with E-state index in [0.717, 1.165) is 13.0 Å². The van der Waals surface area contributed by atoms with Gasteiger partial charge in [-0.15, -0.1) is 0 Å². The average molecular weight is 247 g/mol. The minimum Gasteiger partial charge on any atom is -0.224 e. The van der Waals surface area contributed by atoms with Crippen molar-refractivity contribution in [2.75, 3.05) is 0 Å². The second kappa shape index (κ2) is 4.11. The quantitative estimate of drug-likeness (QED) is 0.837. The van der Waals surface area contributed by atoms with Crippen molar-refractivity contribution in [3.63, 3.8) is 0 Å². The maximum atomic E-state index is 12.5. The van der Waals surface area contributed by atoms with Crippen LogP contribution in [0.25, 0.3) is 0 Å². The fourth-order valence-corrected chi connectivity index (χ4v) is 1.94. The van der Waals surface area contributed by atoms with Crippen molar-refractivity contribution in [1.29, 1.82) is 5.26 Å². The molecule has 16 heavy (non-hydrogen) atoms. The fraction of sp³-hybridized carbons (Fsp3) is 0.250. The molecule has 5 nitrogen and oxygen atoms in total. The molecule has 0 aliphatic heterocycles. The maximum absolute atomic E-state index is 12.5. The number of sulfonamides is 1. The molecule has 0 atom stereocenters. The van der Waals surface area contributed by atoms with Crippen LogP contribution in [0, 0.1) is 18.3 Å². The van der Waals surface area contributed by atoms with Gasteiger partial charge in [0.25, 0.3) is 16.4 Å². The van der Waals surface area contributed by atoms with Gasteiger partial charge in [-0.2, -0.15) is 5.26 Å². The summed E-state index contributed by atoms with van der Waals surface area (Å²) in [5, 5.41) is 12.6. The first-order valence-corrected chi connectivity index (χ1v) is 5.54. The molecule has 1 aromatic heterocycles. The summed E-state index contributed by atoms with van der Waals surface area (Å²) in [5.41, 5.74) is -1.21. The van der Waals surface area contributed by atoms with Gasteiger partial charge in [-0.1, -0.05) is 0 Å². The van der Waals surface area contributed by atoms with E-state index in [4.69, 9.17) is 10.4 Å². The standard InChI is InChI=1S/C8H7F2N3O2S/c1-4-6(7(9)10)2-5(3-11)13-8(4)16(12,14)15/h2,7H,1H3,(H2,12,14,15). The van der Waals surface area contributed by atoms with Crippen molar-refractivity contribution >= 4 is 10.0 Å². The number of nitriles is 1. The molecule has 0 saturated carbocycles. The number of alkyl halides is 2. The van der Waals surface area contributed by atoms with Gasteiger partial charge in [0.1, 0.15) is 11.8 Å². The molecule has 1 heterocycles. The molecule has 0 radical (unpaired) electrons. The number of nitrogens with two attached hydrogens (primary N) is 1. The molecule has 0 aliphatic carbocycles. The molecular weight excluding hydrogens is 240 g/mol. The van der Waals surface area contributed by atoms with E-state index >= 15 is 0 Å². The third kappa shape index (κ3) is 2.32. The van der Waals surface area contributed by atoms with Crippen LogP contribution in [-0.2, 0) is 10.0 Å². The van der Waals surface area contributed by atoms with Gasteiger partial charge >= 0.3 is 0 Å². The predicted octanol–water partition coefficient (Wildman–Crippen LogP) is 0.847. The number of rotatable bonds is 2. The Morgan fingerprint density at radius 1 is 1.56 bits per heavy atom. The number of pyridine rings is 1. The van der Waals surface area contributed by atoms with Crippen LogP contribution < -0.4 is 5.14 Å². The lowest BCUT2D eigenvalue weighted by atomic mass is 10.1. The molecule has 8 heteroatoms. The maximum Gasteiger partial charge on any atom is 0.264 e. The summed E-state index contributed by atoms with van der Waals surface area (Å²) in [6, 6.07) is 2.34. The first kappa shape index (κ1) is 12.5. The van der Waals surface area contributed by atoms with Crippen LogP contribution in [0.5, 0.6) is 0 Å². The Hall–Kier alpha value is -1.59. The number of primary sulfonamides is 1. The van der Waals surface area contributed by atoms with Gasteiger partial charge in [0.05, 0.1) is 0 Å². The average Bonchev–Trinajstić information content (AvgIpc) is 2.15. The molecule has 0 aliphatic rings. The molecule has 0 unspecified atom stereocenters. The van der Waals surface area contributed by atoms with Gasteiger partial charge in [0.2, 0.25) is 0 Å². The van der Waals surface area contributed by atoms with Crippen LogP contribution in [-0.4, -0.2) is 13.4 Å². The third-order valence-electron chi connectivity index (χ3n) is 1.89. The van der Waals surface area contributed by atoms with Crippen molar-refractivity contribution in [2.45, 2.75) is 18.4 Å². The van der Waals surface area contributed by atoms with E-state index in [1.807, 2.05) is 0 Å². The topological polar surface area (TPSA) is 96.8 Å². The van der Waals surface area contributed by atoms with Crippen LogP contribution >= 0.6 is 0 Å². The molecule has 2 N–H and O–H groups in total. The Balaban J connectivity index is 3.65. The molecule has 0 saturated heterocycles. The normalized spacial score (nSPS) is 11.5. The highest BCUT2D eigenvalue weighted by atomic mass is 32.2. The number of nitrogens with zero attached hydrogens (tertiary/aromatic N) is 2. The van der Waals surface area contributed by atoms with Gasteiger partial charge in [0, 0.05) is 5.56 Å². The van der Waals surface area contributed by atoms with Crippen molar-refractivity contribution in [2.24, 2.45) is 5.14 Å². The lowest BCUT2D eigenvalue weighted by Gasteiger charge is -2.08. The minimum atomic E-state index is -4.22. The summed E-state index contributed by atoms with van der Waals surface area (Å²) in [4.78, 5) is 3.40. The van der Waals surface area contributed by atoms with Crippen molar-refractivity contribution in [3.05, 3.63) is 22.9 Å². The lowest BCUT2D eigenvalue weighted by molar-refractivity contribution is 0.150. The van der Waals surface area contributed by atoms with Gasteiger partial charge in [0.15, 0.2) is 5.03 Å². The van der Waals surface area contributed by atoms with Crippen molar-refractivity contribution in [3.8, 4) is 6.07 Å². The first-order valence-electron chi connectivity index (χ1n) is 4.00. The van der Waals surface area contributed by atoms with E-state index in [9.17, 15) is 17.2 Å². The molecule has 1 aromatic rings. The monoisotopic (exact) mass is 247 g/mol. The summed E-state index contributed by atoms with van der Waals surface area (Å²) in [6.07, 6.45) is -2.89. The SMILES string of the molecule is Cc1c(C(F)F)cc(C#N)nc1S(N)(=O)=O. The van der Waals surface area contributed by atoms with Crippen LogP contribution in [0.2, 0.25) is 0 Å². The smallest absolute Gasteiger partial charge is 0.224 e. The first-order chi connectivity index (χ1) is 7.27.